The Hall–Kier alpha value is -2.62. The van der Waals surface area contributed by atoms with Gasteiger partial charge in [-0.05, 0) is 42.2 Å². The predicted octanol–water partition coefficient (Wildman–Crippen LogP) is 2.98. The second-order valence-corrected chi connectivity index (χ2v) is 10.7. The molecule has 1 aromatic heterocycles. The molecule has 0 radical (unpaired) electrons. The van der Waals surface area contributed by atoms with E-state index in [1.807, 2.05) is 18.2 Å². The zero-order valence-corrected chi connectivity index (χ0v) is 18.6. The van der Waals surface area contributed by atoms with E-state index in [0.29, 0.717) is 31.2 Å². The second kappa shape index (κ2) is 8.06. The maximum atomic E-state index is 13.4. The first-order chi connectivity index (χ1) is 15.4. The van der Waals surface area contributed by atoms with Crippen LogP contribution in [0.1, 0.15) is 23.7 Å². The van der Waals surface area contributed by atoms with E-state index < -0.39 is 21.3 Å². The summed E-state index contributed by atoms with van der Waals surface area (Å²) >= 11 is 0. The van der Waals surface area contributed by atoms with Crippen molar-refractivity contribution in [1.82, 2.24) is 19.3 Å². The third-order valence-corrected chi connectivity index (χ3v) is 8.48. The number of fused-ring (bicyclic) bond motifs is 1. The van der Waals surface area contributed by atoms with Gasteiger partial charge >= 0.3 is 0 Å². The van der Waals surface area contributed by atoms with Crippen LogP contribution in [-0.4, -0.2) is 53.9 Å². The number of piperidine rings is 1. The van der Waals surface area contributed by atoms with Gasteiger partial charge in [-0.25, -0.2) is 12.8 Å². The molecule has 2 saturated heterocycles. The van der Waals surface area contributed by atoms with Gasteiger partial charge in [0.05, 0.1) is 10.3 Å². The molecule has 2 aliphatic rings. The highest BCUT2D eigenvalue weighted by molar-refractivity contribution is 7.89. The fraction of sp³-hybridized carbons (Fsp3) is 0.391. The Kier molecular flexibility index (Phi) is 5.35. The number of likely N-dealkylation sites (tertiary alicyclic amines) is 1. The topological polar surface area (TPSA) is 79.5 Å². The zero-order valence-electron chi connectivity index (χ0n) is 17.8. The van der Waals surface area contributed by atoms with Gasteiger partial charge in [-0.2, -0.15) is 9.29 Å². The molecule has 2 aromatic carbocycles. The first-order valence-electron chi connectivity index (χ1n) is 10.7. The van der Waals surface area contributed by atoms with Gasteiger partial charge in [-0.15, -0.1) is 0 Å². The summed E-state index contributed by atoms with van der Waals surface area (Å²) in [5.74, 6) is 0.777. The van der Waals surface area contributed by atoms with Crippen LogP contribution in [-0.2, 0) is 22.0 Å². The van der Waals surface area contributed by atoms with E-state index in [-0.39, 0.29) is 17.4 Å². The van der Waals surface area contributed by atoms with Crippen molar-refractivity contribution in [2.24, 2.45) is 5.92 Å². The second-order valence-electron chi connectivity index (χ2n) is 8.73. The van der Waals surface area contributed by atoms with Crippen molar-refractivity contribution < 1.29 is 17.3 Å². The van der Waals surface area contributed by atoms with Crippen molar-refractivity contribution in [3.63, 3.8) is 0 Å². The summed E-state index contributed by atoms with van der Waals surface area (Å²) < 4.78 is 46.9. The van der Waals surface area contributed by atoms with E-state index in [2.05, 4.69) is 27.2 Å². The minimum Gasteiger partial charge on any atom is -0.340 e. The minimum atomic E-state index is -3.77. The van der Waals surface area contributed by atoms with E-state index >= 15 is 0 Å². The monoisotopic (exact) mass is 456 g/mol. The first kappa shape index (κ1) is 21.2. The fourth-order valence-corrected chi connectivity index (χ4v) is 6.59. The van der Waals surface area contributed by atoms with Crippen LogP contribution in [0.25, 0.3) is 0 Å². The molecule has 0 amide bonds. The molecule has 0 unspecified atom stereocenters. The van der Waals surface area contributed by atoms with E-state index in [9.17, 15) is 12.8 Å². The number of hydrogen-bond donors (Lipinski definition) is 0. The smallest absolute Gasteiger partial charge is 0.243 e. The molecule has 0 N–H and O–H groups in total. The first-order valence-corrected chi connectivity index (χ1v) is 12.1. The van der Waals surface area contributed by atoms with Gasteiger partial charge in [-0.1, -0.05) is 35.5 Å². The quantitative estimate of drug-likeness (QED) is 0.587. The molecule has 0 saturated carbocycles. The molecule has 2 atom stereocenters. The number of aromatic nitrogens is 2. The van der Waals surface area contributed by atoms with E-state index in [4.69, 9.17) is 4.52 Å². The number of aryl methyl sites for hydroxylation is 1. The van der Waals surface area contributed by atoms with Crippen molar-refractivity contribution in [1.29, 1.82) is 0 Å². The highest BCUT2D eigenvalue weighted by atomic mass is 32.2. The number of halogens is 1. The Labute approximate surface area is 186 Å². The molecule has 0 bridgehead atoms. The van der Waals surface area contributed by atoms with Gasteiger partial charge in [0.1, 0.15) is 5.82 Å². The maximum Gasteiger partial charge on any atom is 0.243 e. The number of rotatable bonds is 5. The molecule has 0 spiro atoms. The van der Waals surface area contributed by atoms with E-state index in [0.717, 1.165) is 13.1 Å². The van der Waals surface area contributed by atoms with Crippen LogP contribution in [0.3, 0.4) is 0 Å². The van der Waals surface area contributed by atoms with Crippen LogP contribution in [0.5, 0.6) is 0 Å². The third kappa shape index (κ3) is 3.74. The highest BCUT2D eigenvalue weighted by Gasteiger charge is 2.55. The molecule has 3 heterocycles. The van der Waals surface area contributed by atoms with Crippen molar-refractivity contribution in [2.75, 3.05) is 26.2 Å². The number of nitrogens with zero attached hydrogens (tertiary/aromatic N) is 4. The van der Waals surface area contributed by atoms with Crippen LogP contribution >= 0.6 is 0 Å². The summed E-state index contributed by atoms with van der Waals surface area (Å²) in [6.45, 7) is 4.67. The standard InChI is InChI=1S/C23H25FN4O3S/c1-17-25-22(26-31-17)23-15-27(13-18-5-3-2-4-6-18)14-19(23)11-12-28(16-23)32(29,30)21-9-7-20(24)8-10-21/h2-10,19H,11-16H2,1H3/t19-,23+/m0/s1. The van der Waals surface area contributed by atoms with Gasteiger partial charge < -0.3 is 4.52 Å². The lowest BCUT2D eigenvalue weighted by molar-refractivity contribution is 0.172. The third-order valence-electron chi connectivity index (χ3n) is 6.62. The number of hydrogen-bond acceptors (Lipinski definition) is 6. The Bertz CT molecular complexity index is 1200. The molecule has 5 rings (SSSR count). The Balaban J connectivity index is 1.47. The van der Waals surface area contributed by atoms with Crippen molar-refractivity contribution in [2.45, 2.75) is 30.2 Å². The minimum absolute atomic E-state index is 0.0935. The van der Waals surface area contributed by atoms with E-state index in [1.54, 1.807) is 6.92 Å². The van der Waals surface area contributed by atoms with Crippen molar-refractivity contribution >= 4 is 10.0 Å². The maximum absolute atomic E-state index is 13.4. The summed E-state index contributed by atoms with van der Waals surface area (Å²) in [6.07, 6.45) is 0.694. The fourth-order valence-electron chi connectivity index (χ4n) is 5.07. The van der Waals surface area contributed by atoms with Crippen LogP contribution in [0.2, 0.25) is 0 Å². The molecule has 9 heteroatoms. The zero-order chi connectivity index (χ0) is 22.3. The molecule has 0 aliphatic carbocycles. The summed E-state index contributed by atoms with van der Waals surface area (Å²) in [5.41, 5.74) is 0.652. The lowest BCUT2D eigenvalue weighted by Crippen LogP contribution is -2.54. The van der Waals surface area contributed by atoms with Gasteiger partial charge in [0, 0.05) is 39.6 Å². The Morgan fingerprint density at radius 3 is 2.56 bits per heavy atom. The van der Waals surface area contributed by atoms with Crippen molar-refractivity contribution in [3.8, 4) is 0 Å². The summed E-state index contributed by atoms with van der Waals surface area (Å²) in [7, 11) is -3.77. The lowest BCUT2D eigenvalue weighted by Gasteiger charge is -2.41. The van der Waals surface area contributed by atoms with E-state index in [1.165, 1.54) is 34.1 Å². The van der Waals surface area contributed by atoms with Gasteiger partial charge in [0.15, 0.2) is 5.82 Å². The van der Waals surface area contributed by atoms with Crippen LogP contribution in [0.15, 0.2) is 64.0 Å². The van der Waals surface area contributed by atoms with Gasteiger partial charge in [0.25, 0.3) is 0 Å². The number of benzene rings is 2. The average molecular weight is 457 g/mol. The summed E-state index contributed by atoms with van der Waals surface area (Å²) in [4.78, 5) is 6.97. The highest BCUT2D eigenvalue weighted by Crippen LogP contribution is 2.45. The molecule has 32 heavy (non-hydrogen) atoms. The van der Waals surface area contributed by atoms with Gasteiger partial charge in [-0.3, -0.25) is 4.90 Å². The number of sulfonamides is 1. The molecule has 2 aliphatic heterocycles. The lowest BCUT2D eigenvalue weighted by atomic mass is 9.73. The Morgan fingerprint density at radius 1 is 1.12 bits per heavy atom. The summed E-state index contributed by atoms with van der Waals surface area (Å²) in [6, 6.07) is 15.2. The average Bonchev–Trinajstić information content (AvgIpc) is 3.38. The van der Waals surface area contributed by atoms with Crippen LogP contribution in [0.4, 0.5) is 4.39 Å². The summed E-state index contributed by atoms with van der Waals surface area (Å²) in [5, 5.41) is 4.23. The predicted molar refractivity (Wildman–Crippen MR) is 116 cm³/mol. The molecule has 168 valence electrons. The molecular weight excluding hydrogens is 431 g/mol. The normalized spacial score (nSPS) is 24.5. The van der Waals surface area contributed by atoms with Gasteiger partial charge in [0.2, 0.25) is 15.9 Å². The molecular formula is C23H25FN4O3S. The van der Waals surface area contributed by atoms with Crippen LogP contribution in [0, 0.1) is 18.7 Å². The molecule has 7 nitrogen and oxygen atoms in total. The molecule has 2 fully saturated rings. The van der Waals surface area contributed by atoms with Crippen molar-refractivity contribution in [3.05, 3.63) is 77.7 Å². The van der Waals surface area contributed by atoms with Crippen LogP contribution < -0.4 is 0 Å². The SMILES string of the molecule is Cc1nc([C@@]23CN(Cc4ccccc4)C[C@@H]2CCN(S(=O)(=O)c2ccc(F)cc2)C3)no1. The molecule has 3 aromatic rings. The largest absolute Gasteiger partial charge is 0.340 e. The Morgan fingerprint density at radius 2 is 1.88 bits per heavy atom.